The SMILES string of the molecule is CC1(C)c2ccccc2-c2ccc(N(c3ccc(-c4ccccc4)cc3)c3cc(-c4ccc(-c5cccc6ccccc56)cc4)ccc3-c3ccccc3-c3ccc4c5ccccc5n(-c5ccccc5)c4c3)cc21.c1ccc(-c2ccc(N(c3ccc4oc5ccccc5c4c3)c3ccccc3-c3ccc(-c4cccc(-c5ccccc5)c4)cc3-c3ccc4c5ccccc5n(-c5ccccc5)c4c3)cc2)cc1. The van der Waals surface area contributed by atoms with Gasteiger partial charge < -0.3 is 23.4 Å². The van der Waals surface area contributed by atoms with Crippen LogP contribution in [0.1, 0.15) is 25.0 Å². The number of furan rings is 1. The van der Waals surface area contributed by atoms with E-state index in [2.05, 4.69) is 567 Å². The first kappa shape index (κ1) is 85.7. The van der Waals surface area contributed by atoms with Crippen LogP contribution < -0.4 is 9.80 Å². The van der Waals surface area contributed by atoms with Gasteiger partial charge in [0, 0.05) is 83.0 Å². The van der Waals surface area contributed by atoms with E-state index in [-0.39, 0.29) is 5.41 Å². The summed E-state index contributed by atoms with van der Waals surface area (Å²) in [7, 11) is 0. The molecule has 5 heteroatoms. The molecule has 27 rings (SSSR count). The Morgan fingerprint density at radius 2 is 0.535 bits per heavy atom. The van der Waals surface area contributed by atoms with Gasteiger partial charge in [0.1, 0.15) is 11.2 Å². The second-order valence-electron chi connectivity index (χ2n) is 38.1. The van der Waals surface area contributed by atoms with Crippen LogP contribution in [-0.4, -0.2) is 9.13 Å². The summed E-state index contributed by atoms with van der Waals surface area (Å²) in [6.45, 7) is 4.75. The Balaban J connectivity index is 0.000000147. The van der Waals surface area contributed by atoms with Crippen molar-refractivity contribution in [2.24, 2.45) is 0 Å². The predicted molar refractivity (Wildman–Crippen MR) is 608 cm³/mol. The largest absolute Gasteiger partial charge is 0.456 e. The zero-order chi connectivity index (χ0) is 95.7. The van der Waals surface area contributed by atoms with E-state index in [9.17, 15) is 0 Å². The molecule has 0 atom stereocenters. The number of fused-ring (bicyclic) bond motifs is 13. The number of aromatic nitrogens is 2. The predicted octanol–water partition coefficient (Wildman–Crippen LogP) is 38.5. The zero-order valence-electron chi connectivity index (χ0n) is 79.7. The molecule has 0 saturated heterocycles. The van der Waals surface area contributed by atoms with E-state index in [1.54, 1.807) is 0 Å². The van der Waals surface area contributed by atoms with Gasteiger partial charge in [-0.25, -0.2) is 0 Å². The average molecular weight is 1840 g/mol. The summed E-state index contributed by atoms with van der Waals surface area (Å²) < 4.78 is 11.2. The quantitative estimate of drug-likeness (QED) is 0.0857. The number of hydrogen-bond acceptors (Lipinski definition) is 3. The Morgan fingerprint density at radius 1 is 0.174 bits per heavy atom. The molecule has 23 aromatic carbocycles. The second kappa shape index (κ2) is 36.3. The van der Waals surface area contributed by atoms with Crippen molar-refractivity contribution in [3.63, 3.8) is 0 Å². The van der Waals surface area contributed by atoms with E-state index in [0.717, 1.165) is 134 Å². The summed E-state index contributed by atoms with van der Waals surface area (Å²) in [5, 5.41) is 9.61. The van der Waals surface area contributed by atoms with Crippen LogP contribution in [0.3, 0.4) is 0 Å². The van der Waals surface area contributed by atoms with Crippen LogP contribution in [0.15, 0.2) is 550 Å². The van der Waals surface area contributed by atoms with Gasteiger partial charge in [-0.15, -0.1) is 0 Å². The fourth-order valence-corrected chi connectivity index (χ4v) is 22.4. The molecule has 0 saturated carbocycles. The summed E-state index contributed by atoms with van der Waals surface area (Å²) in [6.07, 6.45) is 0. The first-order valence-electron chi connectivity index (χ1n) is 49.6. The van der Waals surface area contributed by atoms with Gasteiger partial charge in [-0.2, -0.15) is 0 Å². The summed E-state index contributed by atoms with van der Waals surface area (Å²) in [6, 6.07) is 199. The molecule has 0 amide bonds. The Hall–Kier alpha value is -18.7. The maximum atomic E-state index is 6.37. The first-order valence-corrected chi connectivity index (χ1v) is 49.6. The van der Waals surface area contributed by atoms with E-state index in [1.165, 1.54) is 121 Å². The molecule has 144 heavy (non-hydrogen) atoms. The topological polar surface area (TPSA) is 29.5 Å². The molecule has 3 aromatic heterocycles. The molecule has 0 fully saturated rings. The van der Waals surface area contributed by atoms with E-state index in [4.69, 9.17) is 4.42 Å². The molecule has 26 aromatic rings. The monoisotopic (exact) mass is 1840 g/mol. The van der Waals surface area contributed by atoms with Crippen LogP contribution >= 0.6 is 0 Å². The molecule has 1 aliphatic rings. The molecule has 0 unspecified atom stereocenters. The van der Waals surface area contributed by atoms with Gasteiger partial charge >= 0.3 is 0 Å². The highest BCUT2D eigenvalue weighted by Crippen LogP contribution is 2.55. The van der Waals surface area contributed by atoms with E-state index >= 15 is 0 Å². The highest BCUT2D eigenvalue weighted by molar-refractivity contribution is 6.14. The number of benzene rings is 23. The second-order valence-corrected chi connectivity index (χ2v) is 38.1. The molecule has 0 aliphatic heterocycles. The molecule has 1 aliphatic carbocycles. The number of rotatable bonds is 18. The van der Waals surface area contributed by atoms with Gasteiger partial charge in [0.15, 0.2) is 0 Å². The third-order valence-electron chi connectivity index (χ3n) is 29.4. The van der Waals surface area contributed by atoms with Gasteiger partial charge in [-0.3, -0.25) is 0 Å². The molecule has 0 N–H and O–H groups in total. The Labute approximate surface area is 837 Å². The lowest BCUT2D eigenvalue weighted by Gasteiger charge is -2.31. The first-order chi connectivity index (χ1) is 71.2. The maximum Gasteiger partial charge on any atom is 0.135 e. The molecular weight excluding hydrogens is 1740 g/mol. The smallest absolute Gasteiger partial charge is 0.135 e. The number of nitrogens with zero attached hydrogens (tertiary/aromatic N) is 4. The van der Waals surface area contributed by atoms with Crippen molar-refractivity contribution in [2.45, 2.75) is 19.3 Å². The van der Waals surface area contributed by atoms with Crippen molar-refractivity contribution in [3.8, 4) is 134 Å². The van der Waals surface area contributed by atoms with Gasteiger partial charge in [-0.05, 0) is 267 Å². The van der Waals surface area contributed by atoms with Crippen molar-refractivity contribution in [2.75, 3.05) is 9.80 Å². The molecule has 0 spiro atoms. The lowest BCUT2D eigenvalue weighted by Crippen LogP contribution is -2.17. The van der Waals surface area contributed by atoms with Crippen LogP contribution in [0.5, 0.6) is 0 Å². The zero-order valence-corrected chi connectivity index (χ0v) is 79.7. The average Bonchev–Trinajstić information content (AvgIpc) is 1.31. The Bertz CT molecular complexity index is 9380. The Morgan fingerprint density at radius 3 is 1.17 bits per heavy atom. The Kier molecular flexibility index (Phi) is 21.6. The summed E-state index contributed by atoms with van der Waals surface area (Å²) in [5.41, 5.74) is 43.6. The highest BCUT2D eigenvalue weighted by atomic mass is 16.3. The highest BCUT2D eigenvalue weighted by Gasteiger charge is 2.37. The molecule has 3 heterocycles. The van der Waals surface area contributed by atoms with E-state index in [1.807, 2.05) is 12.1 Å². The fourth-order valence-electron chi connectivity index (χ4n) is 22.4. The lowest BCUT2D eigenvalue weighted by atomic mass is 9.82. The van der Waals surface area contributed by atoms with Crippen molar-refractivity contribution >= 4 is 110 Å². The van der Waals surface area contributed by atoms with Crippen LogP contribution in [0.25, 0.3) is 210 Å². The third kappa shape index (κ3) is 15.4. The summed E-state index contributed by atoms with van der Waals surface area (Å²) >= 11 is 0. The lowest BCUT2D eigenvalue weighted by molar-refractivity contribution is 0.660. The molecule has 678 valence electrons. The van der Waals surface area contributed by atoms with Crippen molar-refractivity contribution < 1.29 is 4.42 Å². The molecule has 5 nitrogen and oxygen atoms in total. The third-order valence-corrected chi connectivity index (χ3v) is 29.4. The van der Waals surface area contributed by atoms with Crippen LogP contribution in [0.2, 0.25) is 0 Å². The van der Waals surface area contributed by atoms with E-state index < -0.39 is 0 Å². The van der Waals surface area contributed by atoms with Gasteiger partial charge in [0.2, 0.25) is 0 Å². The summed E-state index contributed by atoms with van der Waals surface area (Å²) in [5.74, 6) is 0. The van der Waals surface area contributed by atoms with Crippen LogP contribution in [0.4, 0.5) is 34.1 Å². The minimum atomic E-state index is -0.186. The minimum absolute atomic E-state index is 0.186. The number of para-hydroxylation sites is 6. The van der Waals surface area contributed by atoms with Gasteiger partial charge in [0.25, 0.3) is 0 Å². The minimum Gasteiger partial charge on any atom is -0.456 e. The fraction of sp³-hybridized carbons (Fsp3) is 0.0216. The van der Waals surface area contributed by atoms with Crippen molar-refractivity contribution in [1.29, 1.82) is 0 Å². The van der Waals surface area contributed by atoms with E-state index in [0.29, 0.717) is 0 Å². The number of anilines is 6. The molecule has 0 radical (unpaired) electrons. The molecule has 0 bridgehead atoms. The van der Waals surface area contributed by atoms with Crippen molar-refractivity contribution in [1.82, 2.24) is 9.13 Å². The standard InChI is InChI=1S/C73H52N2.C66H44N2O/c1-73(2)68-30-15-13-27-63(68)64-45-42-58(48-69(64)73)74(57-40-36-50(37-41-57)49-18-5-3-6-19-49)71-46-54(51-32-34-53(35-33-51)60-29-17-21-52-20-9-10-24-59(52)60)38-43-66(71)62-26-12-11-25-61(62)55-39-44-67-65-28-14-16-31-70(65)75(72(67)47-55)56-22-7-4-8-23-56;1-4-17-45(18-5-1)47-31-35-53(36-32-47)67(54-37-40-66-61(44-54)59-27-12-15-30-65(59)69-66)62-28-13-10-25-56(62)55-38-33-50(49-22-16-21-48(41-49)46-19-6-2-7-20-46)42-60(55)51-34-39-58-57-26-11-14-29-63(57)68(64(58)43-51)52-23-8-3-9-24-52/h3-48H,1-2H3;1-44H. The maximum absolute atomic E-state index is 6.37. The van der Waals surface area contributed by atoms with Gasteiger partial charge in [-0.1, -0.05) is 426 Å². The number of hydrogen-bond donors (Lipinski definition) is 0. The van der Waals surface area contributed by atoms with Crippen LogP contribution in [0, 0.1) is 0 Å². The molecular formula is C139H96N4O. The van der Waals surface area contributed by atoms with Crippen molar-refractivity contribution in [3.05, 3.63) is 557 Å². The summed E-state index contributed by atoms with van der Waals surface area (Å²) in [4.78, 5) is 4.91. The van der Waals surface area contributed by atoms with Gasteiger partial charge in [0.05, 0.1) is 33.4 Å². The normalized spacial score (nSPS) is 12.0. The van der Waals surface area contributed by atoms with Crippen LogP contribution in [-0.2, 0) is 5.41 Å².